The van der Waals surface area contributed by atoms with E-state index in [1.54, 1.807) is 0 Å². The van der Waals surface area contributed by atoms with Gasteiger partial charge in [-0.15, -0.1) is 0 Å². The van der Waals surface area contributed by atoms with Gasteiger partial charge in [0.05, 0.1) is 5.92 Å². The summed E-state index contributed by atoms with van der Waals surface area (Å²) in [7, 11) is 0. The number of carbonyl (C=O) groups is 1. The molecular formula is C16H13O. The third-order valence-corrected chi connectivity index (χ3v) is 2.59. The van der Waals surface area contributed by atoms with Crippen LogP contribution < -0.4 is 0 Å². The molecule has 0 fully saturated rings. The lowest BCUT2D eigenvalue weighted by atomic mass is 10.0. The second-order valence-corrected chi connectivity index (χ2v) is 3.73. The molecule has 2 aromatic rings. The molecule has 1 aliphatic carbocycles. The van der Waals surface area contributed by atoms with Crippen molar-refractivity contribution in [2.75, 3.05) is 0 Å². The number of fused-ring (bicyclic) bond motifs is 1. The Balaban J connectivity index is 0.000000153. The molecule has 0 N–H and O–H groups in total. The lowest BCUT2D eigenvalue weighted by molar-refractivity contribution is -0.108. The Hall–Kier alpha value is -2.15. The maximum Gasteiger partial charge on any atom is 0.131 e. The molecule has 0 amide bonds. The van der Waals surface area contributed by atoms with E-state index in [1.165, 1.54) is 5.56 Å². The minimum atomic E-state index is -0.00815. The molecule has 0 spiro atoms. The molecule has 0 saturated carbocycles. The quantitative estimate of drug-likeness (QED) is 0.674. The van der Waals surface area contributed by atoms with Crippen LogP contribution in [0.1, 0.15) is 17.0 Å². The highest BCUT2D eigenvalue weighted by molar-refractivity contribution is 5.76. The molecular weight excluding hydrogens is 208 g/mol. The average Bonchev–Trinajstić information content (AvgIpc) is 2.84. The molecule has 83 valence electrons. The smallest absolute Gasteiger partial charge is 0.131 e. The van der Waals surface area contributed by atoms with E-state index in [0.717, 1.165) is 11.8 Å². The number of aldehydes is 1. The lowest BCUT2D eigenvalue weighted by Crippen LogP contribution is -1.92. The van der Waals surface area contributed by atoms with E-state index in [9.17, 15) is 4.79 Å². The number of hydrogen-bond acceptors (Lipinski definition) is 1. The number of hydrogen-bond donors (Lipinski definition) is 0. The molecule has 2 aromatic carbocycles. The first-order valence-corrected chi connectivity index (χ1v) is 5.55. The summed E-state index contributed by atoms with van der Waals surface area (Å²) >= 11 is 0. The Morgan fingerprint density at radius 1 is 1.00 bits per heavy atom. The van der Waals surface area contributed by atoms with Gasteiger partial charge in [-0.3, -0.25) is 0 Å². The molecule has 0 heterocycles. The van der Waals surface area contributed by atoms with Crippen LogP contribution in [0.25, 0.3) is 6.08 Å². The molecule has 0 bridgehead atoms. The molecule has 1 aliphatic rings. The molecule has 0 aromatic heterocycles. The number of benzene rings is 2. The zero-order valence-corrected chi connectivity index (χ0v) is 9.41. The van der Waals surface area contributed by atoms with Crippen LogP contribution in [0.4, 0.5) is 0 Å². The summed E-state index contributed by atoms with van der Waals surface area (Å²) in [6, 6.07) is 20.5. The van der Waals surface area contributed by atoms with Crippen LogP contribution in [0.5, 0.6) is 0 Å². The Labute approximate surface area is 101 Å². The third-order valence-electron chi connectivity index (χ3n) is 2.59. The highest BCUT2D eigenvalue weighted by atomic mass is 16.1. The molecule has 1 heteroatoms. The van der Waals surface area contributed by atoms with Gasteiger partial charge >= 0.3 is 0 Å². The summed E-state index contributed by atoms with van der Waals surface area (Å²) in [6.45, 7) is 0. The fourth-order valence-corrected chi connectivity index (χ4v) is 1.74. The highest BCUT2D eigenvalue weighted by Gasteiger charge is 2.14. The number of rotatable bonds is 1. The minimum absolute atomic E-state index is 0.00815. The zero-order chi connectivity index (χ0) is 11.9. The van der Waals surface area contributed by atoms with E-state index in [2.05, 4.69) is 6.07 Å². The van der Waals surface area contributed by atoms with Gasteiger partial charge in [0.15, 0.2) is 0 Å². The molecule has 0 saturated heterocycles. The van der Waals surface area contributed by atoms with Crippen molar-refractivity contribution in [3.05, 3.63) is 77.9 Å². The van der Waals surface area contributed by atoms with Crippen molar-refractivity contribution in [2.45, 2.75) is 5.92 Å². The normalized spacial score (nSPS) is 15.6. The summed E-state index contributed by atoms with van der Waals surface area (Å²) < 4.78 is 0. The minimum Gasteiger partial charge on any atom is -0.302 e. The van der Waals surface area contributed by atoms with Crippen LogP contribution >= 0.6 is 0 Å². The summed E-state index contributed by atoms with van der Waals surface area (Å²) in [5.41, 5.74) is 2.30. The Morgan fingerprint density at radius 3 is 2.35 bits per heavy atom. The van der Waals surface area contributed by atoms with Gasteiger partial charge in [-0.05, 0) is 17.2 Å². The first kappa shape index (κ1) is 11.3. The van der Waals surface area contributed by atoms with E-state index in [1.807, 2.05) is 66.7 Å². The van der Waals surface area contributed by atoms with Crippen LogP contribution in [-0.4, -0.2) is 6.29 Å². The van der Waals surface area contributed by atoms with Crippen molar-refractivity contribution in [3.63, 3.8) is 0 Å². The van der Waals surface area contributed by atoms with E-state index < -0.39 is 0 Å². The van der Waals surface area contributed by atoms with Crippen LogP contribution in [0.2, 0.25) is 0 Å². The topological polar surface area (TPSA) is 17.1 Å². The van der Waals surface area contributed by atoms with Crippen LogP contribution in [0.15, 0.2) is 60.7 Å². The molecule has 3 rings (SSSR count). The van der Waals surface area contributed by atoms with Crippen LogP contribution in [-0.2, 0) is 4.79 Å². The predicted octanol–water partition coefficient (Wildman–Crippen LogP) is 3.48. The molecule has 17 heavy (non-hydrogen) atoms. The van der Waals surface area contributed by atoms with Gasteiger partial charge in [0.2, 0.25) is 0 Å². The standard InChI is InChI=1S/C10H8O.C6H5/c11-7-9-6-5-8-3-1-2-4-10(8)9;1-2-4-6-5-3-1/h1-7,9H;1-5H. The summed E-state index contributed by atoms with van der Waals surface area (Å²) in [6.07, 6.45) is 4.90. The van der Waals surface area contributed by atoms with Gasteiger partial charge in [0.1, 0.15) is 6.29 Å². The Morgan fingerprint density at radius 2 is 1.76 bits per heavy atom. The van der Waals surface area contributed by atoms with Crippen molar-refractivity contribution in [2.24, 2.45) is 0 Å². The lowest BCUT2D eigenvalue weighted by Gasteiger charge is -2.00. The number of carbonyl (C=O) groups excluding carboxylic acids is 1. The molecule has 1 unspecified atom stereocenters. The second kappa shape index (κ2) is 5.80. The van der Waals surface area contributed by atoms with E-state index in [0.29, 0.717) is 0 Å². The molecule has 1 nitrogen and oxygen atoms in total. The van der Waals surface area contributed by atoms with Gasteiger partial charge in [0, 0.05) is 0 Å². The maximum atomic E-state index is 10.5. The van der Waals surface area contributed by atoms with Crippen molar-refractivity contribution < 1.29 is 4.79 Å². The second-order valence-electron chi connectivity index (χ2n) is 3.73. The monoisotopic (exact) mass is 221 g/mol. The van der Waals surface area contributed by atoms with Crippen LogP contribution in [0.3, 0.4) is 0 Å². The Kier molecular flexibility index (Phi) is 3.87. The summed E-state index contributed by atoms with van der Waals surface area (Å²) in [5.74, 6) is -0.00815. The van der Waals surface area contributed by atoms with Crippen LogP contribution in [0, 0.1) is 6.07 Å². The summed E-state index contributed by atoms with van der Waals surface area (Å²) in [5, 5.41) is 0. The van der Waals surface area contributed by atoms with E-state index >= 15 is 0 Å². The maximum absolute atomic E-state index is 10.5. The first-order chi connectivity index (χ1) is 8.42. The zero-order valence-electron chi connectivity index (χ0n) is 9.41. The van der Waals surface area contributed by atoms with Crippen molar-refractivity contribution in [1.29, 1.82) is 0 Å². The predicted molar refractivity (Wildman–Crippen MR) is 69.6 cm³/mol. The van der Waals surface area contributed by atoms with Crippen molar-refractivity contribution in [3.8, 4) is 0 Å². The molecule has 1 radical (unpaired) electrons. The van der Waals surface area contributed by atoms with Gasteiger partial charge in [-0.2, -0.15) is 0 Å². The highest BCUT2D eigenvalue weighted by Crippen LogP contribution is 2.27. The number of allylic oxidation sites excluding steroid dienone is 1. The van der Waals surface area contributed by atoms with Crippen molar-refractivity contribution in [1.82, 2.24) is 0 Å². The van der Waals surface area contributed by atoms with Gasteiger partial charge in [-0.25, -0.2) is 0 Å². The van der Waals surface area contributed by atoms with Gasteiger partial charge in [0.25, 0.3) is 0 Å². The van der Waals surface area contributed by atoms with E-state index in [-0.39, 0.29) is 5.92 Å². The summed E-state index contributed by atoms with van der Waals surface area (Å²) in [4.78, 5) is 10.5. The van der Waals surface area contributed by atoms with E-state index in [4.69, 9.17) is 0 Å². The third kappa shape index (κ3) is 2.91. The molecule has 1 atom stereocenters. The first-order valence-electron chi connectivity index (χ1n) is 5.55. The average molecular weight is 221 g/mol. The largest absolute Gasteiger partial charge is 0.302 e. The van der Waals surface area contributed by atoms with Gasteiger partial charge in [-0.1, -0.05) is 66.7 Å². The fraction of sp³-hybridized carbons (Fsp3) is 0.0625. The van der Waals surface area contributed by atoms with Gasteiger partial charge < -0.3 is 4.79 Å². The van der Waals surface area contributed by atoms with Crippen molar-refractivity contribution >= 4 is 12.4 Å². The SMILES string of the molecule is O=CC1C=Cc2ccccc21.[c]1ccccc1. The fourth-order valence-electron chi connectivity index (χ4n) is 1.74. The Bertz CT molecular complexity index is 473. The molecule has 0 aliphatic heterocycles.